The molecule has 1 saturated heterocycles. The molecule has 196 valence electrons. The zero-order valence-electron chi connectivity index (χ0n) is 21.9. The van der Waals surface area contributed by atoms with Gasteiger partial charge in [0.1, 0.15) is 24.0 Å². The number of hydrogen-bond donors (Lipinski definition) is 0. The summed E-state index contributed by atoms with van der Waals surface area (Å²) in [7, 11) is 5.85. The first-order valence-corrected chi connectivity index (χ1v) is 13.3. The number of carbonyl (C=O) groups excluding carboxylic acids is 1. The maximum atomic E-state index is 13.6. The van der Waals surface area contributed by atoms with Gasteiger partial charge < -0.3 is 9.64 Å². The van der Waals surface area contributed by atoms with Crippen molar-refractivity contribution in [2.75, 3.05) is 4.90 Å². The van der Waals surface area contributed by atoms with Gasteiger partial charge in [-0.25, -0.2) is 8.78 Å². The van der Waals surface area contributed by atoms with E-state index < -0.39 is 0 Å². The summed E-state index contributed by atoms with van der Waals surface area (Å²) in [6.45, 7) is 2.51. The Bertz CT molecular complexity index is 1410. The fraction of sp³-hybridized carbons (Fsp3) is 0.242. The molecule has 0 saturated carbocycles. The Morgan fingerprint density at radius 3 is 2.10 bits per heavy atom. The van der Waals surface area contributed by atoms with E-state index in [0.29, 0.717) is 25.0 Å². The predicted octanol–water partition coefficient (Wildman–Crippen LogP) is 7.50. The van der Waals surface area contributed by atoms with Crippen molar-refractivity contribution in [2.45, 2.75) is 44.7 Å². The molecule has 3 unspecified atom stereocenters. The molecule has 1 aliphatic rings. The maximum absolute atomic E-state index is 13.6. The minimum atomic E-state index is -0.342. The van der Waals surface area contributed by atoms with E-state index in [1.54, 1.807) is 29.2 Å². The third kappa shape index (κ3) is 5.90. The quantitative estimate of drug-likeness (QED) is 0.160. The topological polar surface area (TPSA) is 29.5 Å². The molecule has 6 heteroatoms. The van der Waals surface area contributed by atoms with E-state index in [1.165, 1.54) is 24.3 Å². The predicted molar refractivity (Wildman–Crippen MR) is 151 cm³/mol. The van der Waals surface area contributed by atoms with Crippen LogP contribution in [0.2, 0.25) is 0 Å². The highest BCUT2D eigenvalue weighted by molar-refractivity contribution is 6.08. The molecule has 2 radical (unpaired) electrons. The molecule has 3 atom stereocenters. The molecule has 0 spiro atoms. The number of rotatable bonds is 10. The van der Waals surface area contributed by atoms with E-state index in [4.69, 9.17) is 12.6 Å². The number of hydrogen-bond acceptors (Lipinski definition) is 2. The molecule has 1 heterocycles. The smallest absolute Gasteiger partial charge is 0.233 e. The number of carbonyl (C=O) groups is 1. The number of amides is 1. The molecule has 4 aromatic rings. The van der Waals surface area contributed by atoms with Gasteiger partial charge in [-0.05, 0) is 89.5 Å². The third-order valence-corrected chi connectivity index (χ3v) is 7.62. The minimum absolute atomic E-state index is 0.0247. The lowest BCUT2D eigenvalue weighted by Gasteiger charge is -2.48. The molecule has 1 amide bonds. The Kier molecular flexibility index (Phi) is 8.11. The summed E-state index contributed by atoms with van der Waals surface area (Å²) in [5.74, 6) is 0.131. The number of anilines is 1. The standard InChI is InChI=1S/C33H30BF2NO2/c1-22(23-7-11-27(35)12-8-23)6-19-31-32(37(33(31)38)29-15-13-28(36)14-16-29)24-9-17-30(18-10-24)39-21-26-5-3-2-4-25(26)20-34/h2-5,7-18,22,31-32H,6,19-21H2,1H3. The highest BCUT2D eigenvalue weighted by Gasteiger charge is 2.48. The van der Waals surface area contributed by atoms with Crippen molar-refractivity contribution >= 4 is 19.4 Å². The third-order valence-electron chi connectivity index (χ3n) is 7.62. The Morgan fingerprint density at radius 2 is 1.46 bits per heavy atom. The summed E-state index contributed by atoms with van der Waals surface area (Å²) in [6, 6.07) is 28.2. The Morgan fingerprint density at radius 1 is 0.846 bits per heavy atom. The van der Waals surface area contributed by atoms with E-state index in [0.717, 1.165) is 34.4 Å². The number of halogens is 2. The Balaban J connectivity index is 1.32. The van der Waals surface area contributed by atoms with Gasteiger partial charge in [-0.2, -0.15) is 0 Å². The van der Waals surface area contributed by atoms with Crippen LogP contribution in [0.3, 0.4) is 0 Å². The zero-order valence-corrected chi connectivity index (χ0v) is 21.9. The van der Waals surface area contributed by atoms with Crippen molar-refractivity contribution in [2.24, 2.45) is 5.92 Å². The minimum Gasteiger partial charge on any atom is -0.489 e. The van der Waals surface area contributed by atoms with Crippen LogP contribution in [-0.2, 0) is 17.7 Å². The van der Waals surface area contributed by atoms with Crippen LogP contribution >= 0.6 is 0 Å². The molecule has 1 fully saturated rings. The van der Waals surface area contributed by atoms with Crippen molar-refractivity contribution in [1.29, 1.82) is 0 Å². The fourth-order valence-corrected chi connectivity index (χ4v) is 5.31. The number of ether oxygens (including phenoxy) is 1. The summed E-state index contributed by atoms with van der Waals surface area (Å²) >= 11 is 0. The van der Waals surface area contributed by atoms with Gasteiger partial charge in [0.05, 0.1) is 19.8 Å². The van der Waals surface area contributed by atoms with Crippen LogP contribution < -0.4 is 9.64 Å². The number of benzene rings is 4. The lowest BCUT2D eigenvalue weighted by atomic mass is 9.77. The van der Waals surface area contributed by atoms with Crippen LogP contribution in [0.5, 0.6) is 5.75 Å². The first-order chi connectivity index (χ1) is 18.9. The van der Waals surface area contributed by atoms with Crippen molar-refractivity contribution in [1.82, 2.24) is 0 Å². The lowest BCUT2D eigenvalue weighted by Crippen LogP contribution is -2.55. The summed E-state index contributed by atoms with van der Waals surface area (Å²) in [6.07, 6.45) is 1.93. The fourth-order valence-electron chi connectivity index (χ4n) is 5.31. The van der Waals surface area contributed by atoms with E-state index in [9.17, 15) is 13.6 Å². The van der Waals surface area contributed by atoms with Crippen LogP contribution in [0, 0.1) is 17.6 Å². The van der Waals surface area contributed by atoms with Crippen molar-refractivity contribution in [3.63, 3.8) is 0 Å². The van der Waals surface area contributed by atoms with Crippen LogP contribution in [0.1, 0.15) is 54.0 Å². The van der Waals surface area contributed by atoms with E-state index in [1.807, 2.05) is 48.5 Å². The Hall–Kier alpha value is -3.93. The van der Waals surface area contributed by atoms with Crippen LogP contribution in [0.25, 0.3) is 0 Å². The van der Waals surface area contributed by atoms with Gasteiger partial charge in [0.25, 0.3) is 0 Å². The molecule has 1 aliphatic heterocycles. The highest BCUT2D eigenvalue weighted by Crippen LogP contribution is 2.46. The summed E-state index contributed by atoms with van der Waals surface area (Å²) in [5.41, 5.74) is 4.81. The van der Waals surface area contributed by atoms with Crippen molar-refractivity contribution in [3.05, 3.63) is 131 Å². The first kappa shape index (κ1) is 26.7. The lowest BCUT2D eigenvalue weighted by molar-refractivity contribution is -0.130. The van der Waals surface area contributed by atoms with Crippen molar-refractivity contribution < 1.29 is 18.3 Å². The molecule has 4 aromatic carbocycles. The summed E-state index contributed by atoms with van der Waals surface area (Å²) in [5, 5.41) is 0. The first-order valence-electron chi connectivity index (χ1n) is 13.3. The maximum Gasteiger partial charge on any atom is 0.233 e. The van der Waals surface area contributed by atoms with Gasteiger partial charge in [-0.3, -0.25) is 4.79 Å². The number of β-lactam (4-membered cyclic amide) rings is 1. The molecule has 39 heavy (non-hydrogen) atoms. The van der Waals surface area contributed by atoms with Gasteiger partial charge in [0.2, 0.25) is 5.91 Å². The van der Waals surface area contributed by atoms with E-state index >= 15 is 0 Å². The molecule has 0 N–H and O–H groups in total. The normalized spacial score (nSPS) is 17.5. The van der Waals surface area contributed by atoms with Gasteiger partial charge in [0, 0.05) is 5.69 Å². The van der Waals surface area contributed by atoms with Crippen LogP contribution in [-0.4, -0.2) is 13.8 Å². The second-order valence-electron chi connectivity index (χ2n) is 10.1. The molecule has 5 rings (SSSR count). The average Bonchev–Trinajstić information content (AvgIpc) is 2.96. The molecular formula is C33H30BF2NO2. The second-order valence-corrected chi connectivity index (χ2v) is 10.1. The molecule has 0 aliphatic carbocycles. The summed E-state index contributed by atoms with van der Waals surface area (Å²) in [4.78, 5) is 15.1. The molecule has 0 aromatic heterocycles. The van der Waals surface area contributed by atoms with Crippen LogP contribution in [0.15, 0.2) is 97.1 Å². The average molecular weight is 521 g/mol. The van der Waals surface area contributed by atoms with Crippen molar-refractivity contribution in [3.8, 4) is 5.75 Å². The highest BCUT2D eigenvalue weighted by atomic mass is 19.1. The van der Waals surface area contributed by atoms with Gasteiger partial charge >= 0.3 is 0 Å². The second kappa shape index (κ2) is 11.9. The molecular weight excluding hydrogens is 491 g/mol. The van der Waals surface area contributed by atoms with E-state index in [-0.39, 0.29) is 35.4 Å². The Labute approximate surface area is 229 Å². The monoisotopic (exact) mass is 521 g/mol. The number of nitrogens with zero attached hydrogens (tertiary/aromatic N) is 1. The van der Waals surface area contributed by atoms with E-state index in [2.05, 4.69) is 6.92 Å². The molecule has 3 nitrogen and oxygen atoms in total. The zero-order chi connectivity index (χ0) is 27.4. The van der Waals surface area contributed by atoms with Gasteiger partial charge in [-0.15, -0.1) is 0 Å². The van der Waals surface area contributed by atoms with Crippen LogP contribution in [0.4, 0.5) is 14.5 Å². The van der Waals surface area contributed by atoms with Gasteiger partial charge in [-0.1, -0.05) is 61.8 Å². The van der Waals surface area contributed by atoms with Gasteiger partial charge in [0.15, 0.2) is 0 Å². The SMILES string of the molecule is [B]Cc1ccccc1COc1ccc(C2C(CCC(C)c3ccc(F)cc3)C(=O)N2c2ccc(F)cc2)cc1. The molecule has 0 bridgehead atoms. The largest absolute Gasteiger partial charge is 0.489 e. The summed E-state index contributed by atoms with van der Waals surface area (Å²) < 4.78 is 33.0.